The molecular weight excluding hydrogens is 211 g/mol. The Morgan fingerprint density at radius 1 is 1.15 bits per heavy atom. The van der Waals surface area contributed by atoms with Gasteiger partial charge in [0.15, 0.2) is 0 Å². The third-order valence-electron chi connectivity index (χ3n) is 1.03. The fraction of sp³-hybridized carbons (Fsp3) is 1.00. The number of halogens is 4. The number of hydrogen-bond acceptors (Lipinski definition) is 3. The van der Waals surface area contributed by atoms with E-state index in [1.165, 1.54) is 7.11 Å². The molecule has 7 heteroatoms. The zero-order valence-electron chi connectivity index (χ0n) is 7.19. The van der Waals surface area contributed by atoms with Gasteiger partial charge < -0.3 is 10.1 Å². The molecule has 0 heterocycles. The van der Waals surface area contributed by atoms with Crippen molar-refractivity contribution in [3.8, 4) is 0 Å². The number of ether oxygens (including phenoxy) is 2. The summed E-state index contributed by atoms with van der Waals surface area (Å²) >= 11 is 0. The molecular formula is C6H13ClF3NO2. The maximum Gasteiger partial charge on any atom is 0.522 e. The van der Waals surface area contributed by atoms with Crippen molar-refractivity contribution < 1.29 is 22.6 Å². The van der Waals surface area contributed by atoms with Crippen LogP contribution in [0.4, 0.5) is 13.2 Å². The van der Waals surface area contributed by atoms with Crippen LogP contribution in [-0.2, 0) is 9.47 Å². The van der Waals surface area contributed by atoms with Gasteiger partial charge in [0, 0.05) is 20.2 Å². The Morgan fingerprint density at radius 3 is 2.15 bits per heavy atom. The van der Waals surface area contributed by atoms with E-state index in [2.05, 4.69) is 14.8 Å². The van der Waals surface area contributed by atoms with Crippen molar-refractivity contribution in [1.29, 1.82) is 0 Å². The Labute approximate surface area is 81.0 Å². The Hall–Kier alpha value is -0.0400. The number of rotatable bonds is 6. The lowest BCUT2D eigenvalue weighted by molar-refractivity contribution is -0.323. The average Bonchev–Trinajstić information content (AvgIpc) is 1.94. The summed E-state index contributed by atoms with van der Waals surface area (Å²) in [6.45, 7) is 0.805. The summed E-state index contributed by atoms with van der Waals surface area (Å²) in [7, 11) is 1.52. The van der Waals surface area contributed by atoms with Crippen molar-refractivity contribution in [3.05, 3.63) is 0 Å². The van der Waals surface area contributed by atoms with Gasteiger partial charge in [-0.25, -0.2) is 0 Å². The lowest BCUT2D eigenvalue weighted by Gasteiger charge is -2.07. The molecule has 82 valence electrons. The fourth-order valence-electron chi connectivity index (χ4n) is 0.538. The van der Waals surface area contributed by atoms with Crippen LogP contribution >= 0.6 is 12.4 Å². The van der Waals surface area contributed by atoms with E-state index in [0.717, 1.165) is 0 Å². The number of nitrogens with one attached hydrogen (secondary N) is 1. The topological polar surface area (TPSA) is 30.5 Å². The van der Waals surface area contributed by atoms with Crippen molar-refractivity contribution in [2.24, 2.45) is 0 Å². The number of hydrogen-bond donors (Lipinski definition) is 1. The van der Waals surface area contributed by atoms with Crippen LogP contribution in [0.25, 0.3) is 0 Å². The first-order chi connectivity index (χ1) is 5.56. The lowest BCUT2D eigenvalue weighted by Crippen LogP contribution is -2.26. The monoisotopic (exact) mass is 223 g/mol. The Balaban J connectivity index is 0. The summed E-state index contributed by atoms with van der Waals surface area (Å²) in [5, 5.41) is 2.71. The SMILES string of the molecule is COCCNCCOC(F)(F)F.Cl. The molecule has 0 radical (unpaired) electrons. The van der Waals surface area contributed by atoms with Gasteiger partial charge in [-0.2, -0.15) is 0 Å². The second-order valence-corrected chi connectivity index (χ2v) is 2.04. The molecule has 3 nitrogen and oxygen atoms in total. The van der Waals surface area contributed by atoms with Crippen LogP contribution < -0.4 is 5.32 Å². The Bertz CT molecular complexity index is 113. The maximum atomic E-state index is 11.4. The van der Waals surface area contributed by atoms with Crippen LogP contribution in [0, 0.1) is 0 Å². The summed E-state index contributed by atoms with van der Waals surface area (Å²) in [6, 6.07) is 0. The average molecular weight is 224 g/mol. The van der Waals surface area contributed by atoms with Crippen molar-refractivity contribution >= 4 is 12.4 Å². The minimum atomic E-state index is -4.52. The maximum absolute atomic E-state index is 11.4. The van der Waals surface area contributed by atoms with Crippen molar-refractivity contribution in [2.75, 3.05) is 33.4 Å². The van der Waals surface area contributed by atoms with E-state index in [1.807, 2.05) is 0 Å². The highest BCUT2D eigenvalue weighted by Crippen LogP contribution is 2.14. The van der Waals surface area contributed by atoms with Gasteiger partial charge in [0.1, 0.15) is 0 Å². The van der Waals surface area contributed by atoms with Crippen molar-refractivity contribution in [2.45, 2.75) is 6.36 Å². The Morgan fingerprint density at radius 2 is 1.69 bits per heavy atom. The third kappa shape index (κ3) is 14.8. The van der Waals surface area contributed by atoms with Crippen LogP contribution in [0.15, 0.2) is 0 Å². The quantitative estimate of drug-likeness (QED) is 0.686. The molecule has 0 spiro atoms. The highest BCUT2D eigenvalue weighted by atomic mass is 35.5. The summed E-state index contributed by atoms with van der Waals surface area (Å²) in [5.74, 6) is 0. The van der Waals surface area contributed by atoms with Crippen LogP contribution in [0.3, 0.4) is 0 Å². The predicted octanol–water partition coefficient (Wildman–Crippen LogP) is 1.18. The normalized spacial score (nSPS) is 11.1. The first-order valence-electron chi connectivity index (χ1n) is 3.46. The van der Waals surface area contributed by atoms with Crippen LogP contribution in [0.5, 0.6) is 0 Å². The van der Waals surface area contributed by atoms with Crippen LogP contribution in [0.2, 0.25) is 0 Å². The van der Waals surface area contributed by atoms with Gasteiger partial charge in [-0.15, -0.1) is 25.6 Å². The molecule has 0 aliphatic rings. The highest BCUT2D eigenvalue weighted by molar-refractivity contribution is 5.85. The van der Waals surface area contributed by atoms with Gasteiger partial charge >= 0.3 is 6.36 Å². The molecule has 0 aliphatic heterocycles. The second kappa shape index (κ2) is 8.55. The van der Waals surface area contributed by atoms with Crippen LogP contribution in [-0.4, -0.2) is 39.8 Å². The molecule has 0 atom stereocenters. The van der Waals surface area contributed by atoms with Crippen molar-refractivity contribution in [1.82, 2.24) is 5.32 Å². The smallest absolute Gasteiger partial charge is 0.383 e. The van der Waals surface area contributed by atoms with Crippen LogP contribution in [0.1, 0.15) is 0 Å². The fourth-order valence-corrected chi connectivity index (χ4v) is 0.538. The molecule has 0 rings (SSSR count). The van der Waals surface area contributed by atoms with Gasteiger partial charge in [0.2, 0.25) is 0 Å². The summed E-state index contributed by atoms with van der Waals surface area (Å²) in [4.78, 5) is 0. The number of methoxy groups -OCH3 is 1. The minimum Gasteiger partial charge on any atom is -0.383 e. The molecule has 0 aliphatic carbocycles. The first-order valence-corrected chi connectivity index (χ1v) is 3.46. The third-order valence-corrected chi connectivity index (χ3v) is 1.03. The van der Waals surface area contributed by atoms with Crippen molar-refractivity contribution in [3.63, 3.8) is 0 Å². The first kappa shape index (κ1) is 15.4. The van der Waals surface area contributed by atoms with E-state index in [0.29, 0.717) is 13.2 Å². The minimum absolute atomic E-state index is 0. The lowest BCUT2D eigenvalue weighted by atomic mass is 10.6. The zero-order valence-corrected chi connectivity index (χ0v) is 8.00. The van der Waals surface area contributed by atoms with E-state index < -0.39 is 6.36 Å². The standard InChI is InChI=1S/C6H12F3NO2.ClH/c1-11-4-2-10-3-5-12-6(7,8)9;/h10H,2-5H2,1H3;1H. The molecule has 0 saturated heterocycles. The van der Waals surface area contributed by atoms with E-state index in [4.69, 9.17) is 0 Å². The van der Waals surface area contributed by atoms with E-state index in [1.54, 1.807) is 0 Å². The Kier molecular flexibility index (Phi) is 10.2. The molecule has 0 bridgehead atoms. The molecule has 0 aromatic heterocycles. The second-order valence-electron chi connectivity index (χ2n) is 2.04. The summed E-state index contributed by atoms with van der Waals surface area (Å²) < 4.78 is 42.2. The van der Waals surface area contributed by atoms with E-state index in [-0.39, 0.29) is 25.6 Å². The molecule has 0 fully saturated rings. The van der Waals surface area contributed by atoms with Gasteiger partial charge in [-0.3, -0.25) is 4.74 Å². The molecule has 13 heavy (non-hydrogen) atoms. The summed E-state index contributed by atoms with van der Waals surface area (Å²) in [5.41, 5.74) is 0. The highest BCUT2D eigenvalue weighted by Gasteiger charge is 2.28. The molecule has 0 amide bonds. The molecule has 0 saturated carbocycles. The van der Waals surface area contributed by atoms with Gasteiger partial charge in [-0.1, -0.05) is 0 Å². The predicted molar refractivity (Wildman–Crippen MR) is 44.0 cm³/mol. The van der Waals surface area contributed by atoms with Gasteiger partial charge in [0.05, 0.1) is 13.2 Å². The van der Waals surface area contributed by atoms with Gasteiger partial charge in [0.25, 0.3) is 0 Å². The zero-order chi connectivity index (χ0) is 9.45. The van der Waals surface area contributed by atoms with E-state index >= 15 is 0 Å². The molecule has 0 unspecified atom stereocenters. The molecule has 1 N–H and O–H groups in total. The van der Waals surface area contributed by atoms with Gasteiger partial charge in [-0.05, 0) is 0 Å². The molecule has 0 aromatic carbocycles. The number of alkyl halides is 3. The van der Waals surface area contributed by atoms with E-state index in [9.17, 15) is 13.2 Å². The largest absolute Gasteiger partial charge is 0.522 e. The summed E-state index contributed by atoms with van der Waals surface area (Å²) in [6.07, 6.45) is -4.52. The molecule has 0 aromatic rings.